The SMILES string of the molecule is CCCC(NC(=O)OC(C)(C)C)C(=O)N(C)[C@H]1CC[C@@H](C)N(C(=O)OCc2ccccc2)C[C@@H]1O. The van der Waals surface area contributed by atoms with Crippen LogP contribution in [0.25, 0.3) is 0 Å². The molecule has 3 amide bonds. The third-order valence-corrected chi connectivity index (χ3v) is 6.09. The largest absolute Gasteiger partial charge is 0.445 e. The molecule has 9 heteroatoms. The van der Waals surface area contributed by atoms with Crippen LogP contribution in [0.3, 0.4) is 0 Å². The van der Waals surface area contributed by atoms with Gasteiger partial charge >= 0.3 is 12.2 Å². The van der Waals surface area contributed by atoms with E-state index in [-0.39, 0.29) is 25.1 Å². The molecule has 1 heterocycles. The van der Waals surface area contributed by atoms with Gasteiger partial charge in [-0.15, -0.1) is 0 Å². The third kappa shape index (κ3) is 8.72. The highest BCUT2D eigenvalue weighted by molar-refractivity contribution is 5.85. The zero-order valence-electron chi connectivity index (χ0n) is 21.8. The summed E-state index contributed by atoms with van der Waals surface area (Å²) in [6.07, 6.45) is 0.133. The lowest BCUT2D eigenvalue weighted by Crippen LogP contribution is -2.54. The molecule has 1 aliphatic rings. The lowest BCUT2D eigenvalue weighted by molar-refractivity contribution is -0.137. The van der Waals surface area contributed by atoms with E-state index in [0.29, 0.717) is 25.7 Å². The van der Waals surface area contributed by atoms with Gasteiger partial charge in [0, 0.05) is 13.1 Å². The summed E-state index contributed by atoms with van der Waals surface area (Å²) < 4.78 is 10.8. The van der Waals surface area contributed by atoms with Gasteiger partial charge in [0.2, 0.25) is 5.91 Å². The number of nitrogens with one attached hydrogen (secondary N) is 1. The molecule has 2 rings (SSSR count). The number of amides is 3. The Balaban J connectivity index is 2.03. The van der Waals surface area contributed by atoms with E-state index in [1.165, 1.54) is 9.80 Å². The molecule has 0 radical (unpaired) electrons. The smallest absolute Gasteiger partial charge is 0.410 e. The molecule has 0 saturated carbocycles. The Morgan fingerprint density at radius 2 is 1.86 bits per heavy atom. The lowest BCUT2D eigenvalue weighted by atomic mass is 10.0. The maximum atomic E-state index is 13.3. The Hall–Kier alpha value is -2.81. The molecule has 0 bridgehead atoms. The molecule has 1 aliphatic heterocycles. The molecule has 1 fully saturated rings. The molecule has 9 nitrogen and oxygen atoms in total. The van der Waals surface area contributed by atoms with Gasteiger partial charge < -0.3 is 29.7 Å². The number of alkyl carbamates (subject to hydrolysis) is 1. The minimum absolute atomic E-state index is 0.0506. The molecule has 2 N–H and O–H groups in total. The molecule has 1 unspecified atom stereocenters. The molecule has 196 valence electrons. The first-order chi connectivity index (χ1) is 16.4. The Bertz CT molecular complexity index is 841. The molecular weight excluding hydrogens is 450 g/mol. The second-order valence-corrected chi connectivity index (χ2v) is 10.2. The number of carbonyl (C=O) groups excluding carboxylic acids is 3. The number of hydrogen-bond acceptors (Lipinski definition) is 6. The van der Waals surface area contributed by atoms with Gasteiger partial charge in [-0.3, -0.25) is 4.79 Å². The Morgan fingerprint density at radius 3 is 2.46 bits per heavy atom. The van der Waals surface area contributed by atoms with E-state index < -0.39 is 36.0 Å². The molecule has 0 spiro atoms. The molecule has 35 heavy (non-hydrogen) atoms. The maximum absolute atomic E-state index is 13.3. The van der Waals surface area contributed by atoms with E-state index in [1.54, 1.807) is 27.8 Å². The van der Waals surface area contributed by atoms with Crippen molar-refractivity contribution in [2.24, 2.45) is 0 Å². The van der Waals surface area contributed by atoms with Gasteiger partial charge in [0.15, 0.2) is 0 Å². The van der Waals surface area contributed by atoms with Crippen molar-refractivity contribution >= 4 is 18.1 Å². The van der Waals surface area contributed by atoms with Crippen LogP contribution in [0.4, 0.5) is 9.59 Å². The summed E-state index contributed by atoms with van der Waals surface area (Å²) in [4.78, 5) is 41.4. The standard InChI is InChI=1S/C26H41N3O6/c1-7-11-20(27-24(32)35-26(3,4)5)23(31)28(6)21-15-14-18(2)29(16-22(21)30)25(33)34-17-19-12-9-8-10-13-19/h8-10,12-13,18,20-22,30H,7,11,14-17H2,1-6H3,(H,27,32)/t18-,20?,21+,22+/m1/s1. The number of aliphatic hydroxyl groups is 1. The van der Waals surface area contributed by atoms with Crippen LogP contribution in [0, 0.1) is 0 Å². The van der Waals surface area contributed by atoms with Gasteiger partial charge in [0.25, 0.3) is 0 Å². The monoisotopic (exact) mass is 491 g/mol. The zero-order chi connectivity index (χ0) is 26.2. The first kappa shape index (κ1) is 28.4. The van der Waals surface area contributed by atoms with Crippen molar-refractivity contribution in [3.63, 3.8) is 0 Å². The van der Waals surface area contributed by atoms with Crippen molar-refractivity contribution in [3.8, 4) is 0 Å². The van der Waals surface area contributed by atoms with E-state index in [9.17, 15) is 19.5 Å². The number of β-amino-alcohol motifs (C(OH)–C–C–N with tert-alkyl or cyclic N) is 1. The summed E-state index contributed by atoms with van der Waals surface area (Å²) in [5, 5.41) is 13.7. The predicted octanol–water partition coefficient (Wildman–Crippen LogP) is 3.69. The van der Waals surface area contributed by atoms with Crippen LogP contribution in [0.5, 0.6) is 0 Å². The minimum Gasteiger partial charge on any atom is -0.445 e. The van der Waals surface area contributed by atoms with E-state index >= 15 is 0 Å². The number of rotatable bonds is 7. The molecule has 0 aromatic heterocycles. The molecule has 0 aliphatic carbocycles. The topological polar surface area (TPSA) is 108 Å². The van der Waals surface area contributed by atoms with Crippen molar-refractivity contribution in [3.05, 3.63) is 35.9 Å². The van der Waals surface area contributed by atoms with Crippen LogP contribution >= 0.6 is 0 Å². The van der Waals surface area contributed by atoms with Crippen molar-refractivity contribution in [2.75, 3.05) is 13.6 Å². The quantitative estimate of drug-likeness (QED) is 0.602. The van der Waals surface area contributed by atoms with Gasteiger partial charge in [-0.1, -0.05) is 43.7 Å². The second kappa shape index (κ2) is 12.8. The van der Waals surface area contributed by atoms with Gasteiger partial charge in [-0.2, -0.15) is 0 Å². The van der Waals surface area contributed by atoms with Crippen LogP contribution in [-0.4, -0.2) is 76.4 Å². The minimum atomic E-state index is -0.957. The maximum Gasteiger partial charge on any atom is 0.410 e. The number of likely N-dealkylation sites (N-methyl/N-ethyl adjacent to an activating group) is 1. The van der Waals surface area contributed by atoms with Crippen molar-refractivity contribution < 1.29 is 29.0 Å². The van der Waals surface area contributed by atoms with Crippen LogP contribution < -0.4 is 5.32 Å². The molecule has 1 aromatic carbocycles. The zero-order valence-corrected chi connectivity index (χ0v) is 21.8. The first-order valence-electron chi connectivity index (χ1n) is 12.3. The summed E-state index contributed by atoms with van der Waals surface area (Å²) in [7, 11) is 1.63. The van der Waals surface area contributed by atoms with Crippen LogP contribution in [0.2, 0.25) is 0 Å². The molecule has 1 saturated heterocycles. The summed E-state index contributed by atoms with van der Waals surface area (Å²) in [5.74, 6) is -0.297. The number of likely N-dealkylation sites (tertiary alicyclic amines) is 1. The molecule has 1 aromatic rings. The van der Waals surface area contributed by atoms with Gasteiger partial charge in [-0.25, -0.2) is 9.59 Å². The van der Waals surface area contributed by atoms with Crippen molar-refractivity contribution in [2.45, 2.75) is 96.7 Å². The van der Waals surface area contributed by atoms with E-state index in [4.69, 9.17) is 9.47 Å². The predicted molar refractivity (Wildman–Crippen MR) is 133 cm³/mol. The average molecular weight is 492 g/mol. The Morgan fingerprint density at radius 1 is 1.20 bits per heavy atom. The van der Waals surface area contributed by atoms with E-state index in [0.717, 1.165) is 5.56 Å². The second-order valence-electron chi connectivity index (χ2n) is 10.2. The number of ether oxygens (including phenoxy) is 2. The summed E-state index contributed by atoms with van der Waals surface area (Å²) >= 11 is 0. The van der Waals surface area contributed by atoms with E-state index in [2.05, 4.69) is 5.32 Å². The Labute approximate surface area is 208 Å². The van der Waals surface area contributed by atoms with Gasteiger partial charge in [0.05, 0.1) is 18.7 Å². The number of aliphatic hydroxyl groups excluding tert-OH is 1. The fraction of sp³-hybridized carbons (Fsp3) is 0.654. The number of hydrogen-bond donors (Lipinski definition) is 2. The van der Waals surface area contributed by atoms with Crippen molar-refractivity contribution in [1.82, 2.24) is 15.1 Å². The van der Waals surface area contributed by atoms with Crippen molar-refractivity contribution in [1.29, 1.82) is 0 Å². The van der Waals surface area contributed by atoms with Gasteiger partial charge in [0.1, 0.15) is 18.2 Å². The fourth-order valence-corrected chi connectivity index (χ4v) is 4.18. The van der Waals surface area contributed by atoms with Crippen LogP contribution in [0.1, 0.15) is 65.9 Å². The number of carbonyl (C=O) groups is 3. The molecule has 4 atom stereocenters. The highest BCUT2D eigenvalue weighted by atomic mass is 16.6. The van der Waals surface area contributed by atoms with Crippen LogP contribution in [0.15, 0.2) is 30.3 Å². The molecular formula is C26H41N3O6. The number of benzene rings is 1. The lowest BCUT2D eigenvalue weighted by Gasteiger charge is -2.34. The Kier molecular flexibility index (Phi) is 10.4. The highest BCUT2D eigenvalue weighted by Crippen LogP contribution is 2.23. The normalized spacial score (nSPS) is 21.5. The fourth-order valence-electron chi connectivity index (χ4n) is 4.18. The number of nitrogens with zero attached hydrogens (tertiary/aromatic N) is 2. The van der Waals surface area contributed by atoms with E-state index in [1.807, 2.05) is 44.2 Å². The third-order valence-electron chi connectivity index (χ3n) is 6.09. The average Bonchev–Trinajstić information content (AvgIpc) is 2.93. The van der Waals surface area contributed by atoms with Gasteiger partial charge in [-0.05, 0) is 52.5 Å². The summed E-state index contributed by atoms with van der Waals surface area (Å²) in [6.45, 7) is 9.31. The summed E-state index contributed by atoms with van der Waals surface area (Å²) in [5.41, 5.74) is 0.202. The summed E-state index contributed by atoms with van der Waals surface area (Å²) in [6, 6.07) is 7.98. The first-order valence-corrected chi connectivity index (χ1v) is 12.3. The van der Waals surface area contributed by atoms with Crippen LogP contribution in [-0.2, 0) is 20.9 Å². The highest BCUT2D eigenvalue weighted by Gasteiger charge is 2.37.